The van der Waals surface area contributed by atoms with Crippen molar-refractivity contribution in [1.29, 1.82) is 0 Å². The maximum absolute atomic E-state index is 12.3. The van der Waals surface area contributed by atoms with E-state index >= 15 is 0 Å². The second kappa shape index (κ2) is 6.24. The van der Waals surface area contributed by atoms with Crippen molar-refractivity contribution >= 4 is 16.9 Å². The van der Waals surface area contributed by atoms with Gasteiger partial charge in [-0.2, -0.15) is 5.10 Å². The summed E-state index contributed by atoms with van der Waals surface area (Å²) in [4.78, 5) is 31.3. The Labute approximate surface area is 154 Å². The summed E-state index contributed by atoms with van der Waals surface area (Å²) < 4.78 is 1.56. The first-order valence-electron chi connectivity index (χ1n) is 8.60. The Hall–Kier alpha value is -3.68. The maximum atomic E-state index is 12.3. The van der Waals surface area contributed by atoms with Gasteiger partial charge in [0, 0.05) is 43.3 Å². The molecule has 5 rings (SSSR count). The van der Waals surface area contributed by atoms with E-state index in [1.165, 1.54) is 6.33 Å². The average Bonchev–Trinajstić information content (AvgIpc) is 2.69. The van der Waals surface area contributed by atoms with Crippen molar-refractivity contribution in [3.63, 3.8) is 0 Å². The molecule has 1 fully saturated rings. The summed E-state index contributed by atoms with van der Waals surface area (Å²) >= 11 is 0. The summed E-state index contributed by atoms with van der Waals surface area (Å²) in [5.74, 6) is 0.836. The lowest BCUT2D eigenvalue weighted by atomic mass is 10.1. The number of hydrogen-bond donors (Lipinski definition) is 0. The highest BCUT2D eigenvalue weighted by Gasteiger charge is 2.32. The van der Waals surface area contributed by atoms with Crippen LogP contribution in [0.3, 0.4) is 0 Å². The average molecular weight is 357 g/mol. The number of pyridine rings is 2. The third-order valence-electron chi connectivity index (χ3n) is 4.70. The molecular formula is C19H15N7O. The van der Waals surface area contributed by atoms with Crippen molar-refractivity contribution in [3.05, 3.63) is 71.7 Å². The van der Waals surface area contributed by atoms with E-state index in [1.807, 2.05) is 24.3 Å². The zero-order valence-electron chi connectivity index (χ0n) is 14.3. The quantitative estimate of drug-likeness (QED) is 0.551. The lowest BCUT2D eigenvalue weighted by Gasteiger charge is -2.40. The van der Waals surface area contributed by atoms with Crippen molar-refractivity contribution in [2.75, 3.05) is 18.0 Å². The maximum Gasteiger partial charge on any atom is 0.267 e. The number of hydrogen-bond acceptors (Lipinski definition) is 7. The summed E-state index contributed by atoms with van der Waals surface area (Å²) in [6, 6.07) is 10.9. The zero-order valence-corrected chi connectivity index (χ0v) is 14.3. The van der Waals surface area contributed by atoms with Gasteiger partial charge in [-0.05, 0) is 30.3 Å². The van der Waals surface area contributed by atoms with Gasteiger partial charge in [-0.3, -0.25) is 9.78 Å². The number of nitrogens with zero attached hydrogens (tertiary/aromatic N) is 7. The van der Waals surface area contributed by atoms with E-state index in [0.29, 0.717) is 18.7 Å². The Morgan fingerprint density at radius 3 is 2.63 bits per heavy atom. The highest BCUT2D eigenvalue weighted by molar-refractivity contribution is 5.86. The van der Waals surface area contributed by atoms with Gasteiger partial charge in [-0.1, -0.05) is 0 Å². The van der Waals surface area contributed by atoms with Crippen LogP contribution in [0.1, 0.15) is 6.04 Å². The molecule has 27 heavy (non-hydrogen) atoms. The number of rotatable bonds is 3. The molecule has 0 bridgehead atoms. The lowest BCUT2D eigenvalue weighted by Crippen LogP contribution is -2.51. The van der Waals surface area contributed by atoms with Crippen LogP contribution in [0.2, 0.25) is 0 Å². The SMILES string of the molecule is O=c1ccc(-c2ccncc2)nn1C1CN(c2ncnc3ncccc23)C1. The fourth-order valence-electron chi connectivity index (χ4n) is 3.28. The molecule has 5 heterocycles. The van der Waals surface area contributed by atoms with Crippen LogP contribution in [-0.4, -0.2) is 42.8 Å². The van der Waals surface area contributed by atoms with Gasteiger partial charge in [0.25, 0.3) is 5.56 Å². The Bertz CT molecular complexity index is 1160. The van der Waals surface area contributed by atoms with E-state index in [1.54, 1.807) is 35.4 Å². The predicted molar refractivity (Wildman–Crippen MR) is 100 cm³/mol. The molecule has 0 unspecified atom stereocenters. The molecular weight excluding hydrogens is 342 g/mol. The lowest BCUT2D eigenvalue weighted by molar-refractivity contribution is 0.353. The molecule has 0 atom stereocenters. The van der Waals surface area contributed by atoms with Gasteiger partial charge in [0.1, 0.15) is 12.1 Å². The Morgan fingerprint density at radius 2 is 1.78 bits per heavy atom. The van der Waals surface area contributed by atoms with Crippen molar-refractivity contribution in [2.45, 2.75) is 6.04 Å². The molecule has 0 aromatic carbocycles. The smallest absolute Gasteiger partial charge is 0.267 e. The van der Waals surface area contributed by atoms with E-state index in [2.05, 4.69) is 29.9 Å². The van der Waals surface area contributed by atoms with Gasteiger partial charge in [-0.25, -0.2) is 19.6 Å². The van der Waals surface area contributed by atoms with E-state index in [-0.39, 0.29) is 11.6 Å². The van der Waals surface area contributed by atoms with E-state index in [0.717, 1.165) is 22.5 Å². The normalized spacial score (nSPS) is 14.3. The Kier molecular flexibility index (Phi) is 3.60. The molecule has 4 aromatic heterocycles. The second-order valence-corrected chi connectivity index (χ2v) is 6.37. The third-order valence-corrected chi connectivity index (χ3v) is 4.70. The van der Waals surface area contributed by atoms with Gasteiger partial charge in [0.2, 0.25) is 0 Å². The molecule has 1 saturated heterocycles. The van der Waals surface area contributed by atoms with Crippen LogP contribution >= 0.6 is 0 Å². The molecule has 0 radical (unpaired) electrons. The van der Waals surface area contributed by atoms with Crippen LogP contribution in [0, 0.1) is 0 Å². The van der Waals surface area contributed by atoms with E-state index in [9.17, 15) is 4.79 Å². The zero-order chi connectivity index (χ0) is 18.2. The molecule has 0 N–H and O–H groups in total. The molecule has 0 spiro atoms. The monoisotopic (exact) mass is 357 g/mol. The van der Waals surface area contributed by atoms with Crippen LogP contribution in [0.25, 0.3) is 22.3 Å². The third kappa shape index (κ3) is 2.71. The predicted octanol–water partition coefficient (Wildman–Crippen LogP) is 1.70. The molecule has 1 aliphatic rings. The van der Waals surface area contributed by atoms with Crippen molar-refractivity contribution < 1.29 is 0 Å². The topological polar surface area (TPSA) is 89.7 Å². The number of aromatic nitrogens is 6. The van der Waals surface area contributed by atoms with Crippen LogP contribution < -0.4 is 10.5 Å². The Morgan fingerprint density at radius 1 is 0.926 bits per heavy atom. The molecule has 1 aliphatic heterocycles. The molecule has 0 saturated carbocycles. The van der Waals surface area contributed by atoms with Gasteiger partial charge < -0.3 is 4.90 Å². The summed E-state index contributed by atoms with van der Waals surface area (Å²) in [5, 5.41) is 5.47. The largest absolute Gasteiger partial charge is 0.352 e. The van der Waals surface area contributed by atoms with Crippen molar-refractivity contribution in [3.8, 4) is 11.3 Å². The molecule has 8 heteroatoms. The minimum Gasteiger partial charge on any atom is -0.352 e. The van der Waals surface area contributed by atoms with Crippen LogP contribution in [0.15, 0.2) is 66.1 Å². The minimum atomic E-state index is -0.105. The van der Waals surface area contributed by atoms with Crippen LogP contribution in [0.5, 0.6) is 0 Å². The second-order valence-electron chi connectivity index (χ2n) is 6.37. The van der Waals surface area contributed by atoms with Crippen LogP contribution in [0.4, 0.5) is 5.82 Å². The minimum absolute atomic E-state index is 0.000902. The highest BCUT2D eigenvalue weighted by atomic mass is 16.1. The standard InChI is InChI=1S/C19H15N7O/c27-17-4-3-16(13-5-8-20-9-6-13)24-26(17)14-10-25(11-14)19-15-2-1-7-21-18(15)22-12-23-19/h1-9,12,14H,10-11H2. The van der Waals surface area contributed by atoms with Gasteiger partial charge in [0.05, 0.1) is 17.1 Å². The Balaban J connectivity index is 1.43. The van der Waals surface area contributed by atoms with Gasteiger partial charge in [0.15, 0.2) is 5.65 Å². The first-order chi connectivity index (χ1) is 13.3. The van der Waals surface area contributed by atoms with Gasteiger partial charge >= 0.3 is 0 Å². The summed E-state index contributed by atoms with van der Waals surface area (Å²) in [6.07, 6.45) is 6.66. The summed E-state index contributed by atoms with van der Waals surface area (Å²) in [5.41, 5.74) is 2.25. The molecule has 8 nitrogen and oxygen atoms in total. The summed E-state index contributed by atoms with van der Waals surface area (Å²) in [7, 11) is 0. The van der Waals surface area contributed by atoms with E-state index in [4.69, 9.17) is 0 Å². The first-order valence-corrected chi connectivity index (χ1v) is 8.60. The van der Waals surface area contributed by atoms with Crippen molar-refractivity contribution in [2.24, 2.45) is 0 Å². The molecule has 0 aliphatic carbocycles. The molecule has 0 amide bonds. The fraction of sp³-hybridized carbons (Fsp3) is 0.158. The molecule has 132 valence electrons. The number of fused-ring (bicyclic) bond motifs is 1. The molecule has 4 aromatic rings. The fourth-order valence-corrected chi connectivity index (χ4v) is 3.28. The van der Waals surface area contributed by atoms with E-state index < -0.39 is 0 Å². The first kappa shape index (κ1) is 15.6. The number of anilines is 1. The van der Waals surface area contributed by atoms with Crippen LogP contribution in [-0.2, 0) is 0 Å². The van der Waals surface area contributed by atoms with Gasteiger partial charge in [-0.15, -0.1) is 0 Å². The summed E-state index contributed by atoms with van der Waals surface area (Å²) in [6.45, 7) is 1.32. The highest BCUT2D eigenvalue weighted by Crippen LogP contribution is 2.29. The van der Waals surface area contributed by atoms with Crippen molar-refractivity contribution in [1.82, 2.24) is 29.7 Å².